The molecule has 1 aliphatic carbocycles. The van der Waals surface area contributed by atoms with Crippen LogP contribution in [0.1, 0.15) is 43.6 Å². The predicted octanol–water partition coefficient (Wildman–Crippen LogP) is 3.92. The minimum absolute atomic E-state index is 0.499. The summed E-state index contributed by atoms with van der Waals surface area (Å²) in [6.07, 6.45) is 9.93. The van der Waals surface area contributed by atoms with Crippen molar-refractivity contribution < 1.29 is 9.15 Å². The second-order valence-electron chi connectivity index (χ2n) is 8.62. The Morgan fingerprint density at radius 2 is 1.96 bits per heavy atom. The predicted molar refractivity (Wildman–Crippen MR) is 105 cm³/mol. The van der Waals surface area contributed by atoms with Crippen LogP contribution >= 0.6 is 0 Å². The molecule has 27 heavy (non-hydrogen) atoms. The van der Waals surface area contributed by atoms with E-state index in [1.54, 1.807) is 19.6 Å². The highest BCUT2D eigenvalue weighted by molar-refractivity contribution is 5.37. The fourth-order valence-corrected chi connectivity index (χ4v) is 5.63. The summed E-state index contributed by atoms with van der Waals surface area (Å²) >= 11 is 0. The summed E-state index contributed by atoms with van der Waals surface area (Å²) < 4.78 is 11.0. The Morgan fingerprint density at radius 1 is 1.15 bits per heavy atom. The molecule has 0 bridgehead atoms. The summed E-state index contributed by atoms with van der Waals surface area (Å²) in [5.74, 6) is 1.69. The number of piperidine rings is 1. The van der Waals surface area contributed by atoms with Crippen LogP contribution in [-0.2, 0) is 0 Å². The zero-order valence-corrected chi connectivity index (χ0v) is 16.1. The Balaban J connectivity index is 1.16. The molecule has 144 valence electrons. The van der Waals surface area contributed by atoms with E-state index in [9.17, 15) is 0 Å². The van der Waals surface area contributed by atoms with E-state index < -0.39 is 0 Å². The van der Waals surface area contributed by atoms with E-state index in [1.165, 1.54) is 50.8 Å². The van der Waals surface area contributed by atoms with E-state index in [-0.39, 0.29) is 0 Å². The van der Waals surface area contributed by atoms with Crippen molar-refractivity contribution in [3.63, 3.8) is 0 Å². The molecule has 2 aromatic rings. The molecular weight excluding hydrogens is 338 g/mol. The van der Waals surface area contributed by atoms with Gasteiger partial charge in [0.2, 0.25) is 0 Å². The number of anilines is 1. The summed E-state index contributed by atoms with van der Waals surface area (Å²) in [4.78, 5) is 9.34. The summed E-state index contributed by atoms with van der Waals surface area (Å²) in [5, 5.41) is 0. The number of para-hydroxylation sites is 1. The van der Waals surface area contributed by atoms with Crippen LogP contribution in [0.3, 0.4) is 0 Å². The third kappa shape index (κ3) is 3.12. The Hall–Kier alpha value is -2.01. The van der Waals surface area contributed by atoms with E-state index in [2.05, 4.69) is 39.0 Å². The zero-order chi connectivity index (χ0) is 18.3. The minimum Gasteiger partial charge on any atom is -0.496 e. The molecule has 1 spiro atoms. The lowest BCUT2D eigenvalue weighted by Gasteiger charge is -2.48. The van der Waals surface area contributed by atoms with Gasteiger partial charge in [-0.25, -0.2) is 4.98 Å². The van der Waals surface area contributed by atoms with Crippen molar-refractivity contribution in [3.05, 3.63) is 42.3 Å². The Labute approximate surface area is 161 Å². The molecule has 0 unspecified atom stereocenters. The molecule has 3 heterocycles. The van der Waals surface area contributed by atoms with Gasteiger partial charge in [-0.3, -0.25) is 0 Å². The third-order valence-electron chi connectivity index (χ3n) is 7.04. The zero-order valence-electron chi connectivity index (χ0n) is 16.1. The van der Waals surface area contributed by atoms with Gasteiger partial charge in [-0.1, -0.05) is 18.2 Å². The highest BCUT2D eigenvalue weighted by Gasteiger charge is 2.50. The molecule has 1 saturated carbocycles. The SMILES string of the molecule is COc1ccccc1C1CCN([C@@H]2CCC3(C2)CN(c2ncco2)C3)CC1. The van der Waals surface area contributed by atoms with Crippen molar-refractivity contribution in [2.45, 2.75) is 44.1 Å². The standard InChI is InChI=1S/C22H29N3O2/c1-26-20-5-3-2-4-19(20)17-7-11-24(12-8-17)18-6-9-22(14-18)15-25(16-22)21-23-10-13-27-21/h2-5,10,13,17-18H,6-9,11-12,14-16H2,1H3/t18-/m1/s1. The first kappa shape index (κ1) is 17.1. The first-order valence-corrected chi connectivity index (χ1v) is 10.3. The van der Waals surface area contributed by atoms with Gasteiger partial charge >= 0.3 is 0 Å². The Kier molecular flexibility index (Phi) is 4.35. The van der Waals surface area contributed by atoms with Crippen LogP contribution in [0.2, 0.25) is 0 Å². The smallest absolute Gasteiger partial charge is 0.297 e. The summed E-state index contributed by atoms with van der Waals surface area (Å²) in [7, 11) is 1.78. The van der Waals surface area contributed by atoms with Gasteiger partial charge in [-0.2, -0.15) is 0 Å². The van der Waals surface area contributed by atoms with E-state index in [0.29, 0.717) is 11.3 Å². The highest BCUT2D eigenvalue weighted by Crippen LogP contribution is 2.49. The van der Waals surface area contributed by atoms with Crippen LogP contribution in [0, 0.1) is 5.41 Å². The minimum atomic E-state index is 0.499. The molecule has 1 aromatic heterocycles. The van der Waals surface area contributed by atoms with E-state index in [0.717, 1.165) is 30.9 Å². The maximum absolute atomic E-state index is 5.58. The van der Waals surface area contributed by atoms with Crippen molar-refractivity contribution in [2.75, 3.05) is 38.2 Å². The van der Waals surface area contributed by atoms with E-state index in [4.69, 9.17) is 9.15 Å². The normalized spacial score (nSPS) is 25.7. The monoisotopic (exact) mass is 367 g/mol. The van der Waals surface area contributed by atoms with Gasteiger partial charge in [0.1, 0.15) is 12.0 Å². The number of methoxy groups -OCH3 is 1. The number of ether oxygens (including phenoxy) is 1. The van der Waals surface area contributed by atoms with Crippen LogP contribution in [0.25, 0.3) is 0 Å². The molecule has 2 saturated heterocycles. The van der Waals surface area contributed by atoms with Crippen molar-refractivity contribution in [1.29, 1.82) is 0 Å². The number of nitrogens with zero attached hydrogens (tertiary/aromatic N) is 3. The molecule has 3 fully saturated rings. The lowest BCUT2D eigenvalue weighted by molar-refractivity contribution is 0.130. The average molecular weight is 367 g/mol. The molecular formula is C22H29N3O2. The van der Waals surface area contributed by atoms with Gasteiger partial charge in [0.05, 0.1) is 13.3 Å². The summed E-state index contributed by atoms with van der Waals surface area (Å²) in [6, 6.07) is 10.1. The Morgan fingerprint density at radius 3 is 2.70 bits per heavy atom. The van der Waals surface area contributed by atoms with Gasteiger partial charge in [0, 0.05) is 24.5 Å². The van der Waals surface area contributed by atoms with E-state index >= 15 is 0 Å². The molecule has 5 nitrogen and oxygen atoms in total. The van der Waals surface area contributed by atoms with Crippen molar-refractivity contribution >= 4 is 6.01 Å². The number of hydrogen-bond donors (Lipinski definition) is 0. The molecule has 0 radical (unpaired) electrons. The first-order chi connectivity index (χ1) is 13.3. The number of likely N-dealkylation sites (tertiary alicyclic amines) is 1. The average Bonchev–Trinajstić information content (AvgIpc) is 3.37. The van der Waals surface area contributed by atoms with Crippen LogP contribution in [0.5, 0.6) is 5.75 Å². The fraction of sp³-hybridized carbons (Fsp3) is 0.591. The van der Waals surface area contributed by atoms with Crippen LogP contribution in [-0.4, -0.2) is 49.2 Å². The Bertz CT molecular complexity index is 762. The maximum Gasteiger partial charge on any atom is 0.297 e. The van der Waals surface area contributed by atoms with Crippen LogP contribution in [0.4, 0.5) is 6.01 Å². The summed E-state index contributed by atoms with van der Waals surface area (Å²) in [6.45, 7) is 4.66. The lowest BCUT2D eigenvalue weighted by Crippen LogP contribution is -2.56. The maximum atomic E-state index is 5.58. The second kappa shape index (κ2) is 6.86. The number of aromatic nitrogens is 1. The molecule has 3 aliphatic rings. The molecule has 5 rings (SSSR count). The second-order valence-corrected chi connectivity index (χ2v) is 8.62. The van der Waals surface area contributed by atoms with Crippen LogP contribution in [0.15, 0.2) is 41.1 Å². The van der Waals surface area contributed by atoms with Crippen molar-refractivity contribution in [1.82, 2.24) is 9.88 Å². The lowest BCUT2D eigenvalue weighted by atomic mass is 9.78. The molecule has 1 aromatic carbocycles. The fourth-order valence-electron chi connectivity index (χ4n) is 5.63. The summed E-state index contributed by atoms with van der Waals surface area (Å²) in [5.41, 5.74) is 1.89. The number of oxazole rings is 1. The van der Waals surface area contributed by atoms with E-state index in [1.807, 2.05) is 0 Å². The molecule has 0 N–H and O–H groups in total. The molecule has 1 atom stereocenters. The number of hydrogen-bond acceptors (Lipinski definition) is 5. The largest absolute Gasteiger partial charge is 0.496 e. The quantitative estimate of drug-likeness (QED) is 0.819. The topological polar surface area (TPSA) is 41.7 Å². The van der Waals surface area contributed by atoms with Gasteiger partial charge < -0.3 is 19.0 Å². The third-order valence-corrected chi connectivity index (χ3v) is 7.04. The highest BCUT2D eigenvalue weighted by atomic mass is 16.5. The van der Waals surface area contributed by atoms with Gasteiger partial charge in [0.15, 0.2) is 0 Å². The number of benzene rings is 1. The van der Waals surface area contributed by atoms with Crippen LogP contribution < -0.4 is 9.64 Å². The first-order valence-electron chi connectivity index (χ1n) is 10.3. The van der Waals surface area contributed by atoms with Gasteiger partial charge in [-0.05, 0) is 62.7 Å². The molecule has 2 aliphatic heterocycles. The van der Waals surface area contributed by atoms with Gasteiger partial charge in [0.25, 0.3) is 6.01 Å². The van der Waals surface area contributed by atoms with Gasteiger partial charge in [-0.15, -0.1) is 0 Å². The molecule has 5 heteroatoms. The molecule has 0 amide bonds. The van der Waals surface area contributed by atoms with Crippen molar-refractivity contribution in [2.24, 2.45) is 5.41 Å². The van der Waals surface area contributed by atoms with Crippen molar-refractivity contribution in [3.8, 4) is 5.75 Å². The number of rotatable bonds is 4.